The van der Waals surface area contributed by atoms with Crippen molar-refractivity contribution in [2.75, 3.05) is 5.32 Å². The molecule has 0 fully saturated rings. The molecule has 0 saturated carbocycles. The van der Waals surface area contributed by atoms with Crippen molar-refractivity contribution in [1.29, 1.82) is 0 Å². The maximum Gasteiger partial charge on any atom is 0.254 e. The molecule has 1 N–H and O–H groups in total. The number of hydrogen-bond acceptors (Lipinski definition) is 4. The highest BCUT2D eigenvalue weighted by atomic mass is 32.2. The predicted octanol–water partition coefficient (Wildman–Crippen LogP) is 4.25. The molecule has 0 spiro atoms. The fraction of sp³-hybridized carbons (Fsp3) is 0.476. The van der Waals surface area contributed by atoms with Crippen LogP contribution in [0.25, 0.3) is 0 Å². The van der Waals surface area contributed by atoms with Crippen molar-refractivity contribution in [3.8, 4) is 0 Å². The van der Waals surface area contributed by atoms with Gasteiger partial charge in [0, 0.05) is 24.5 Å². The third kappa shape index (κ3) is 5.70. The number of unbranched alkanes of at least 4 members (excludes halogenated alkanes) is 1. The van der Waals surface area contributed by atoms with E-state index in [0.717, 1.165) is 36.2 Å². The SMILES string of the molecule is CCCCC(Sc1nc(CC)cc(=O)n1C)C(=O)Nc1ccc(C)c(C)c1. The van der Waals surface area contributed by atoms with Crippen LogP contribution in [-0.4, -0.2) is 20.7 Å². The second-order valence-electron chi connectivity index (χ2n) is 6.82. The zero-order chi connectivity index (χ0) is 20.0. The van der Waals surface area contributed by atoms with Crippen LogP contribution >= 0.6 is 11.8 Å². The minimum absolute atomic E-state index is 0.0483. The first-order chi connectivity index (χ1) is 12.8. The molecule has 1 aromatic carbocycles. The van der Waals surface area contributed by atoms with Crippen LogP contribution in [0, 0.1) is 13.8 Å². The van der Waals surface area contributed by atoms with Gasteiger partial charge in [-0.3, -0.25) is 14.2 Å². The van der Waals surface area contributed by atoms with Crippen LogP contribution in [0.5, 0.6) is 0 Å². The second kappa shape index (κ2) is 9.74. The Morgan fingerprint density at radius 2 is 1.96 bits per heavy atom. The topological polar surface area (TPSA) is 64.0 Å². The van der Waals surface area contributed by atoms with E-state index in [9.17, 15) is 9.59 Å². The van der Waals surface area contributed by atoms with Crippen LogP contribution in [-0.2, 0) is 18.3 Å². The quantitative estimate of drug-likeness (QED) is 0.543. The van der Waals surface area contributed by atoms with Crippen molar-refractivity contribution >= 4 is 23.4 Å². The second-order valence-corrected chi connectivity index (χ2v) is 7.99. The van der Waals surface area contributed by atoms with Gasteiger partial charge in [0.2, 0.25) is 5.91 Å². The maximum absolute atomic E-state index is 12.9. The number of nitrogens with zero attached hydrogens (tertiary/aromatic N) is 2. The van der Waals surface area contributed by atoms with Crippen LogP contribution in [0.1, 0.15) is 49.9 Å². The summed E-state index contributed by atoms with van der Waals surface area (Å²) < 4.78 is 1.52. The van der Waals surface area contributed by atoms with Crippen molar-refractivity contribution in [3.05, 3.63) is 51.4 Å². The lowest BCUT2D eigenvalue weighted by molar-refractivity contribution is -0.115. The molecule has 0 radical (unpaired) electrons. The highest BCUT2D eigenvalue weighted by Gasteiger charge is 2.22. The van der Waals surface area contributed by atoms with Crippen LogP contribution in [0.15, 0.2) is 34.2 Å². The number of aryl methyl sites for hydroxylation is 3. The molecule has 0 saturated heterocycles. The minimum Gasteiger partial charge on any atom is -0.325 e. The lowest BCUT2D eigenvalue weighted by Crippen LogP contribution is -2.27. The van der Waals surface area contributed by atoms with E-state index in [2.05, 4.69) is 17.2 Å². The lowest BCUT2D eigenvalue weighted by Gasteiger charge is -2.18. The van der Waals surface area contributed by atoms with Crippen molar-refractivity contribution in [2.24, 2.45) is 7.05 Å². The Balaban J connectivity index is 2.24. The van der Waals surface area contributed by atoms with E-state index >= 15 is 0 Å². The molecule has 1 amide bonds. The summed E-state index contributed by atoms with van der Waals surface area (Å²) in [6.45, 7) is 8.16. The number of amides is 1. The van der Waals surface area contributed by atoms with E-state index in [1.165, 1.54) is 21.9 Å². The Labute approximate surface area is 165 Å². The van der Waals surface area contributed by atoms with E-state index in [4.69, 9.17) is 0 Å². The zero-order valence-corrected chi connectivity index (χ0v) is 17.7. The summed E-state index contributed by atoms with van der Waals surface area (Å²) in [6.07, 6.45) is 3.39. The number of thioether (sulfide) groups is 1. The number of nitrogens with one attached hydrogen (secondary N) is 1. The molecule has 0 aliphatic heterocycles. The number of benzene rings is 1. The molecule has 0 aliphatic rings. The number of carbonyl (C=O) groups is 1. The summed E-state index contributed by atoms with van der Waals surface area (Å²) >= 11 is 1.37. The molecule has 0 aliphatic carbocycles. The summed E-state index contributed by atoms with van der Waals surface area (Å²) in [5, 5.41) is 3.33. The molecule has 2 aromatic rings. The van der Waals surface area contributed by atoms with Crippen LogP contribution in [0.2, 0.25) is 0 Å². The van der Waals surface area contributed by atoms with Crippen molar-refractivity contribution in [2.45, 2.75) is 63.8 Å². The monoisotopic (exact) mass is 387 g/mol. The average Bonchev–Trinajstić information content (AvgIpc) is 2.64. The fourth-order valence-corrected chi connectivity index (χ4v) is 3.78. The van der Waals surface area contributed by atoms with Crippen molar-refractivity contribution in [3.63, 3.8) is 0 Å². The van der Waals surface area contributed by atoms with E-state index in [-0.39, 0.29) is 16.7 Å². The predicted molar refractivity (Wildman–Crippen MR) is 113 cm³/mol. The van der Waals surface area contributed by atoms with Gasteiger partial charge >= 0.3 is 0 Å². The first kappa shape index (κ1) is 21.2. The molecule has 0 bridgehead atoms. The van der Waals surface area contributed by atoms with Crippen LogP contribution < -0.4 is 10.9 Å². The van der Waals surface area contributed by atoms with Crippen LogP contribution in [0.3, 0.4) is 0 Å². The fourth-order valence-electron chi connectivity index (χ4n) is 2.65. The largest absolute Gasteiger partial charge is 0.325 e. The first-order valence-corrected chi connectivity index (χ1v) is 10.3. The summed E-state index contributed by atoms with van der Waals surface area (Å²) in [4.78, 5) is 29.6. The first-order valence-electron chi connectivity index (χ1n) is 9.47. The smallest absolute Gasteiger partial charge is 0.254 e. The highest BCUT2D eigenvalue weighted by Crippen LogP contribution is 2.26. The number of aromatic nitrogens is 2. The van der Waals surface area contributed by atoms with Gasteiger partial charge in [-0.2, -0.15) is 0 Å². The van der Waals surface area contributed by atoms with Gasteiger partial charge in [-0.05, 0) is 49.9 Å². The molecule has 146 valence electrons. The molecule has 2 rings (SSSR count). The van der Waals surface area contributed by atoms with Crippen molar-refractivity contribution < 1.29 is 4.79 Å². The summed E-state index contributed by atoms with van der Waals surface area (Å²) in [7, 11) is 1.70. The Morgan fingerprint density at radius 3 is 2.59 bits per heavy atom. The highest BCUT2D eigenvalue weighted by molar-refractivity contribution is 8.00. The Hall–Kier alpha value is -2.08. The van der Waals surface area contributed by atoms with Gasteiger partial charge in [0.05, 0.1) is 5.25 Å². The molecule has 1 unspecified atom stereocenters. The van der Waals surface area contributed by atoms with Gasteiger partial charge in [0.25, 0.3) is 5.56 Å². The molecule has 1 aromatic heterocycles. The zero-order valence-electron chi connectivity index (χ0n) is 16.8. The molecular weight excluding hydrogens is 358 g/mol. The number of hydrogen-bond donors (Lipinski definition) is 1. The Morgan fingerprint density at radius 1 is 1.22 bits per heavy atom. The lowest BCUT2D eigenvalue weighted by atomic mass is 10.1. The maximum atomic E-state index is 12.9. The molecule has 5 nitrogen and oxygen atoms in total. The molecular formula is C21H29N3O2S. The minimum atomic E-state index is -0.295. The van der Waals surface area contributed by atoms with Gasteiger partial charge in [-0.1, -0.05) is 44.5 Å². The van der Waals surface area contributed by atoms with Crippen LogP contribution in [0.4, 0.5) is 5.69 Å². The number of rotatable bonds is 8. The average molecular weight is 388 g/mol. The summed E-state index contributed by atoms with van der Waals surface area (Å²) in [5.74, 6) is -0.0483. The third-order valence-electron chi connectivity index (χ3n) is 4.64. The molecule has 27 heavy (non-hydrogen) atoms. The van der Waals surface area contributed by atoms with Crippen molar-refractivity contribution in [1.82, 2.24) is 9.55 Å². The number of anilines is 1. The summed E-state index contributed by atoms with van der Waals surface area (Å²) in [6, 6.07) is 7.48. The normalized spacial score (nSPS) is 12.0. The van der Waals surface area contributed by atoms with E-state index in [0.29, 0.717) is 11.6 Å². The summed E-state index contributed by atoms with van der Waals surface area (Å²) in [5.41, 5.74) is 3.80. The molecule has 6 heteroatoms. The van der Waals surface area contributed by atoms with Gasteiger partial charge in [-0.25, -0.2) is 4.98 Å². The van der Waals surface area contributed by atoms with Gasteiger partial charge in [0.1, 0.15) is 0 Å². The molecule has 1 atom stereocenters. The van der Waals surface area contributed by atoms with Gasteiger partial charge in [-0.15, -0.1) is 0 Å². The van der Waals surface area contributed by atoms with Gasteiger partial charge in [0.15, 0.2) is 5.16 Å². The van der Waals surface area contributed by atoms with E-state index < -0.39 is 0 Å². The molecule has 1 heterocycles. The third-order valence-corrected chi connectivity index (χ3v) is 5.95. The van der Waals surface area contributed by atoms with Gasteiger partial charge < -0.3 is 5.32 Å². The standard InChI is InChI=1S/C21H29N3O2S/c1-6-8-9-18(20(26)22-17-11-10-14(3)15(4)12-17)27-21-23-16(7-2)13-19(25)24(21)5/h10-13,18H,6-9H2,1-5H3,(H,22,26). The van der Waals surface area contributed by atoms with E-state index in [1.807, 2.05) is 39.0 Å². The Kier molecular flexibility index (Phi) is 7.66. The number of carbonyl (C=O) groups excluding carboxylic acids is 1. The van der Waals surface area contributed by atoms with E-state index in [1.54, 1.807) is 13.1 Å². The Bertz CT molecular complexity index is 861.